The summed E-state index contributed by atoms with van der Waals surface area (Å²) in [6, 6.07) is 6.84. The van der Waals surface area contributed by atoms with Gasteiger partial charge in [-0.1, -0.05) is 28.1 Å². The Labute approximate surface area is 123 Å². The van der Waals surface area contributed by atoms with Crippen LogP contribution in [-0.2, 0) is 16.1 Å². The third-order valence-electron chi connectivity index (χ3n) is 2.49. The lowest BCUT2D eigenvalue weighted by Crippen LogP contribution is -2.26. The minimum Gasteiger partial charge on any atom is -0.453 e. The summed E-state index contributed by atoms with van der Waals surface area (Å²) in [5.74, 6) is -0.835. The van der Waals surface area contributed by atoms with Crippen LogP contribution in [0.1, 0.15) is 17.3 Å². The lowest BCUT2D eigenvalue weighted by atomic mass is 10.1. The van der Waals surface area contributed by atoms with Crippen molar-refractivity contribution in [3.05, 3.63) is 40.6 Å². The highest BCUT2D eigenvalue weighted by Gasteiger charge is 2.19. The standard InChI is InChI=1S/C12H11BrN4O3/c1-8(12(19)9-2-4-10(13)5-3-9)20-11(18)6-17-7-14-15-16-17/h2-5,7-8H,6H2,1H3/t8-/m0/s1. The number of benzene rings is 1. The zero-order chi connectivity index (χ0) is 14.5. The number of hydrogen-bond acceptors (Lipinski definition) is 6. The number of ketones is 1. The fourth-order valence-electron chi connectivity index (χ4n) is 1.52. The molecule has 0 unspecified atom stereocenters. The molecule has 0 N–H and O–H groups in total. The van der Waals surface area contributed by atoms with Crippen molar-refractivity contribution in [3.63, 3.8) is 0 Å². The first-order valence-electron chi connectivity index (χ1n) is 5.76. The number of aromatic nitrogens is 4. The molecule has 7 nitrogen and oxygen atoms in total. The molecule has 0 aliphatic rings. The summed E-state index contributed by atoms with van der Waals surface area (Å²) in [6.45, 7) is 1.40. The quantitative estimate of drug-likeness (QED) is 0.602. The topological polar surface area (TPSA) is 87.0 Å². The maximum Gasteiger partial charge on any atom is 0.328 e. The zero-order valence-electron chi connectivity index (χ0n) is 10.6. The largest absolute Gasteiger partial charge is 0.453 e. The highest BCUT2D eigenvalue weighted by Crippen LogP contribution is 2.13. The maximum absolute atomic E-state index is 12.1. The van der Waals surface area contributed by atoms with E-state index in [-0.39, 0.29) is 12.3 Å². The first-order valence-corrected chi connectivity index (χ1v) is 6.55. The van der Waals surface area contributed by atoms with Crippen LogP contribution < -0.4 is 0 Å². The van der Waals surface area contributed by atoms with Crippen molar-refractivity contribution in [1.29, 1.82) is 0 Å². The van der Waals surface area contributed by atoms with Crippen molar-refractivity contribution in [2.45, 2.75) is 19.6 Å². The number of nitrogens with zero attached hydrogens (tertiary/aromatic N) is 4. The highest BCUT2D eigenvalue weighted by molar-refractivity contribution is 9.10. The van der Waals surface area contributed by atoms with E-state index < -0.39 is 12.1 Å². The van der Waals surface area contributed by atoms with Crippen LogP contribution in [0, 0.1) is 0 Å². The van der Waals surface area contributed by atoms with Crippen LogP contribution in [0.3, 0.4) is 0 Å². The van der Waals surface area contributed by atoms with Gasteiger partial charge in [-0.05, 0) is 29.5 Å². The second kappa shape index (κ2) is 6.38. The van der Waals surface area contributed by atoms with Gasteiger partial charge in [-0.15, -0.1) is 5.10 Å². The normalized spacial score (nSPS) is 11.9. The Morgan fingerprint density at radius 2 is 2.05 bits per heavy atom. The number of ether oxygens (including phenoxy) is 1. The molecule has 0 radical (unpaired) electrons. The van der Waals surface area contributed by atoms with E-state index >= 15 is 0 Å². The molecule has 20 heavy (non-hydrogen) atoms. The fraction of sp³-hybridized carbons (Fsp3) is 0.250. The number of esters is 1. The Bertz CT molecular complexity index is 598. The molecular formula is C12H11BrN4O3. The smallest absolute Gasteiger partial charge is 0.328 e. The van der Waals surface area contributed by atoms with E-state index in [1.807, 2.05) is 0 Å². The van der Waals surface area contributed by atoms with Crippen LogP contribution >= 0.6 is 15.9 Å². The van der Waals surface area contributed by atoms with Crippen molar-refractivity contribution in [2.75, 3.05) is 0 Å². The van der Waals surface area contributed by atoms with Gasteiger partial charge in [0.25, 0.3) is 0 Å². The van der Waals surface area contributed by atoms with Gasteiger partial charge in [0.2, 0.25) is 5.78 Å². The molecule has 1 aromatic heterocycles. The SMILES string of the molecule is C[C@H](OC(=O)Cn1cnnn1)C(=O)c1ccc(Br)cc1. The Kier molecular flexibility index (Phi) is 4.57. The van der Waals surface area contributed by atoms with E-state index in [1.54, 1.807) is 24.3 Å². The van der Waals surface area contributed by atoms with Gasteiger partial charge in [0.1, 0.15) is 12.9 Å². The van der Waals surface area contributed by atoms with Gasteiger partial charge in [0.15, 0.2) is 6.10 Å². The summed E-state index contributed by atoms with van der Waals surface area (Å²) >= 11 is 3.29. The van der Waals surface area contributed by atoms with Gasteiger partial charge in [-0.3, -0.25) is 9.59 Å². The van der Waals surface area contributed by atoms with E-state index in [9.17, 15) is 9.59 Å². The van der Waals surface area contributed by atoms with Crippen LogP contribution in [0.5, 0.6) is 0 Å². The lowest BCUT2D eigenvalue weighted by molar-refractivity contribution is -0.147. The Morgan fingerprint density at radius 1 is 1.35 bits per heavy atom. The highest BCUT2D eigenvalue weighted by atomic mass is 79.9. The minimum absolute atomic E-state index is 0.134. The first kappa shape index (κ1) is 14.3. The van der Waals surface area contributed by atoms with Crippen molar-refractivity contribution in [3.8, 4) is 0 Å². The second-order valence-electron chi connectivity index (χ2n) is 4.01. The second-order valence-corrected chi connectivity index (χ2v) is 4.93. The Hall–Kier alpha value is -2.09. The molecule has 0 saturated carbocycles. The summed E-state index contributed by atoms with van der Waals surface area (Å²) in [5.41, 5.74) is 0.482. The van der Waals surface area contributed by atoms with Gasteiger partial charge in [0.05, 0.1) is 0 Å². The number of tetrazole rings is 1. The number of carbonyl (C=O) groups excluding carboxylic acids is 2. The molecule has 1 atom stereocenters. The van der Waals surface area contributed by atoms with Crippen LogP contribution in [0.15, 0.2) is 35.1 Å². The molecule has 0 amide bonds. The van der Waals surface area contributed by atoms with E-state index in [4.69, 9.17) is 4.74 Å². The molecule has 1 heterocycles. The van der Waals surface area contributed by atoms with Crippen molar-refractivity contribution in [1.82, 2.24) is 20.2 Å². The summed E-state index contributed by atoms with van der Waals surface area (Å²) in [7, 11) is 0. The van der Waals surface area contributed by atoms with Crippen LogP contribution in [-0.4, -0.2) is 38.1 Å². The fourth-order valence-corrected chi connectivity index (χ4v) is 1.79. The zero-order valence-corrected chi connectivity index (χ0v) is 12.1. The van der Waals surface area contributed by atoms with Gasteiger partial charge in [-0.2, -0.15) is 0 Å². The molecule has 1 aromatic carbocycles. The first-order chi connectivity index (χ1) is 9.56. The average Bonchev–Trinajstić information content (AvgIpc) is 2.91. The number of hydrogen-bond donors (Lipinski definition) is 0. The molecule has 2 rings (SSSR count). The van der Waals surface area contributed by atoms with Crippen molar-refractivity contribution < 1.29 is 14.3 Å². The predicted octanol–water partition coefficient (Wildman–Crippen LogP) is 1.25. The van der Waals surface area contributed by atoms with Gasteiger partial charge < -0.3 is 4.74 Å². The van der Waals surface area contributed by atoms with E-state index in [2.05, 4.69) is 31.5 Å². The van der Waals surface area contributed by atoms with E-state index in [0.717, 1.165) is 4.47 Å². The summed E-state index contributed by atoms with van der Waals surface area (Å²) in [5, 5.41) is 10.3. The lowest BCUT2D eigenvalue weighted by Gasteiger charge is -2.12. The van der Waals surface area contributed by atoms with Crippen LogP contribution in [0.2, 0.25) is 0 Å². The summed E-state index contributed by atoms with van der Waals surface area (Å²) < 4.78 is 7.15. The Balaban J connectivity index is 1.93. The number of carbonyl (C=O) groups is 2. The molecular weight excluding hydrogens is 328 g/mol. The summed E-state index contributed by atoms with van der Waals surface area (Å²) in [4.78, 5) is 23.7. The van der Waals surface area contributed by atoms with Crippen LogP contribution in [0.4, 0.5) is 0 Å². The monoisotopic (exact) mass is 338 g/mol. The molecule has 0 bridgehead atoms. The number of halogens is 1. The molecule has 2 aromatic rings. The van der Waals surface area contributed by atoms with Crippen LogP contribution in [0.25, 0.3) is 0 Å². The molecule has 8 heteroatoms. The van der Waals surface area contributed by atoms with Gasteiger partial charge >= 0.3 is 5.97 Å². The summed E-state index contributed by atoms with van der Waals surface area (Å²) in [6.07, 6.45) is 0.433. The van der Waals surface area contributed by atoms with Crippen molar-refractivity contribution >= 4 is 27.7 Å². The Morgan fingerprint density at radius 3 is 2.65 bits per heavy atom. The third-order valence-corrected chi connectivity index (χ3v) is 3.02. The van der Waals surface area contributed by atoms with E-state index in [1.165, 1.54) is 17.9 Å². The molecule has 0 aliphatic heterocycles. The molecule has 0 fully saturated rings. The molecule has 104 valence electrons. The number of rotatable bonds is 5. The third kappa shape index (κ3) is 3.70. The molecule has 0 spiro atoms. The average molecular weight is 339 g/mol. The minimum atomic E-state index is -0.861. The van der Waals surface area contributed by atoms with Gasteiger partial charge in [-0.25, -0.2) is 4.68 Å². The predicted molar refractivity (Wildman–Crippen MR) is 71.8 cm³/mol. The van der Waals surface area contributed by atoms with Gasteiger partial charge in [0, 0.05) is 10.0 Å². The molecule has 0 saturated heterocycles. The maximum atomic E-state index is 12.1. The van der Waals surface area contributed by atoms with Crippen molar-refractivity contribution in [2.24, 2.45) is 0 Å². The van der Waals surface area contributed by atoms with E-state index in [0.29, 0.717) is 5.56 Å². The molecule has 0 aliphatic carbocycles. The number of Topliss-reactive ketones (excluding diaryl/α,β-unsaturated/α-hetero) is 1.